The lowest BCUT2D eigenvalue weighted by molar-refractivity contribution is 0.0697. The zero-order chi connectivity index (χ0) is 12.3. The van der Waals surface area contributed by atoms with E-state index in [2.05, 4.69) is 42.0 Å². The van der Waals surface area contributed by atoms with Crippen molar-refractivity contribution in [2.24, 2.45) is 5.92 Å². The molecule has 0 aromatic heterocycles. The summed E-state index contributed by atoms with van der Waals surface area (Å²) < 4.78 is 0.778. The molecule has 1 unspecified atom stereocenters. The smallest absolute Gasteiger partial charge is 0.335 e. The van der Waals surface area contributed by atoms with Crippen molar-refractivity contribution in [1.29, 1.82) is 0 Å². The first-order chi connectivity index (χ1) is 7.41. The molecule has 0 amide bonds. The lowest BCUT2D eigenvalue weighted by Gasteiger charge is -2.19. The molecule has 0 aliphatic heterocycles. The third-order valence-corrected chi connectivity index (χ3v) is 3.26. The fourth-order valence-electron chi connectivity index (χ4n) is 1.18. The Bertz CT molecular complexity index is 391. The predicted molar refractivity (Wildman–Crippen MR) is 69.0 cm³/mol. The van der Waals surface area contributed by atoms with Gasteiger partial charge in [0.15, 0.2) is 0 Å². The number of benzene rings is 1. The average molecular weight is 286 g/mol. The Morgan fingerprint density at radius 1 is 1.38 bits per heavy atom. The van der Waals surface area contributed by atoms with E-state index >= 15 is 0 Å². The summed E-state index contributed by atoms with van der Waals surface area (Å²) in [7, 11) is 0. The predicted octanol–water partition coefficient (Wildman–Crippen LogP) is 3.60. The average Bonchev–Trinajstić information content (AvgIpc) is 2.20. The monoisotopic (exact) mass is 285 g/mol. The van der Waals surface area contributed by atoms with Crippen LogP contribution < -0.4 is 5.32 Å². The molecule has 0 heterocycles. The lowest BCUT2D eigenvalue weighted by Crippen LogP contribution is -2.21. The van der Waals surface area contributed by atoms with Gasteiger partial charge in [-0.05, 0) is 47.0 Å². The van der Waals surface area contributed by atoms with E-state index in [0.29, 0.717) is 12.0 Å². The molecule has 1 atom stereocenters. The summed E-state index contributed by atoms with van der Waals surface area (Å²) in [5, 5.41) is 12.2. The fraction of sp³-hybridized carbons (Fsp3) is 0.417. The van der Waals surface area contributed by atoms with Gasteiger partial charge >= 0.3 is 5.97 Å². The van der Waals surface area contributed by atoms with Crippen LogP contribution in [0.15, 0.2) is 22.7 Å². The third kappa shape index (κ3) is 3.23. The first-order valence-electron chi connectivity index (χ1n) is 5.21. The van der Waals surface area contributed by atoms with Crippen LogP contribution in [-0.2, 0) is 0 Å². The summed E-state index contributed by atoms with van der Waals surface area (Å²) in [5.41, 5.74) is 1.21. The standard InChI is InChI=1S/C12H16BrNO2/c1-7(2)8(3)14-11-5-4-9(12(15)16)6-10(11)13/h4-8,14H,1-3H3,(H,15,16). The summed E-state index contributed by atoms with van der Waals surface area (Å²) in [5.74, 6) is -0.393. The van der Waals surface area contributed by atoms with Crippen molar-refractivity contribution < 1.29 is 9.90 Å². The molecule has 1 aromatic carbocycles. The molecule has 16 heavy (non-hydrogen) atoms. The van der Waals surface area contributed by atoms with E-state index in [-0.39, 0.29) is 5.56 Å². The molecule has 0 aliphatic carbocycles. The molecule has 2 N–H and O–H groups in total. The van der Waals surface area contributed by atoms with Crippen molar-refractivity contribution in [2.45, 2.75) is 26.8 Å². The second-order valence-electron chi connectivity index (χ2n) is 4.18. The zero-order valence-electron chi connectivity index (χ0n) is 9.62. The quantitative estimate of drug-likeness (QED) is 0.889. The Balaban J connectivity index is 2.87. The minimum atomic E-state index is -0.913. The minimum Gasteiger partial charge on any atom is -0.478 e. The van der Waals surface area contributed by atoms with E-state index in [9.17, 15) is 4.79 Å². The Hall–Kier alpha value is -1.03. The van der Waals surface area contributed by atoms with Crippen LogP contribution in [0.3, 0.4) is 0 Å². The zero-order valence-corrected chi connectivity index (χ0v) is 11.2. The maximum Gasteiger partial charge on any atom is 0.335 e. The van der Waals surface area contributed by atoms with Gasteiger partial charge in [-0.1, -0.05) is 13.8 Å². The maximum atomic E-state index is 10.8. The molecule has 3 nitrogen and oxygen atoms in total. The first-order valence-corrected chi connectivity index (χ1v) is 6.00. The molecule has 4 heteroatoms. The number of anilines is 1. The Labute approximate surface area is 104 Å². The third-order valence-electron chi connectivity index (χ3n) is 2.60. The van der Waals surface area contributed by atoms with Crippen LogP contribution >= 0.6 is 15.9 Å². The molecule has 88 valence electrons. The number of carboxylic acids is 1. The highest BCUT2D eigenvalue weighted by atomic mass is 79.9. The molecule has 0 spiro atoms. The number of nitrogens with one attached hydrogen (secondary N) is 1. The molecule has 0 radical (unpaired) electrons. The highest BCUT2D eigenvalue weighted by Crippen LogP contribution is 2.25. The van der Waals surface area contributed by atoms with Crippen molar-refractivity contribution in [3.63, 3.8) is 0 Å². The highest BCUT2D eigenvalue weighted by molar-refractivity contribution is 9.10. The van der Waals surface area contributed by atoms with Gasteiger partial charge in [-0.25, -0.2) is 4.79 Å². The van der Waals surface area contributed by atoms with Crippen molar-refractivity contribution in [2.75, 3.05) is 5.32 Å². The second-order valence-corrected chi connectivity index (χ2v) is 5.03. The molecule has 0 saturated heterocycles. The van der Waals surface area contributed by atoms with Crippen molar-refractivity contribution >= 4 is 27.6 Å². The summed E-state index contributed by atoms with van der Waals surface area (Å²) in [6, 6.07) is 5.33. The summed E-state index contributed by atoms with van der Waals surface area (Å²) in [4.78, 5) is 10.8. The summed E-state index contributed by atoms with van der Waals surface area (Å²) >= 11 is 3.37. The number of hydrogen-bond acceptors (Lipinski definition) is 2. The number of carboxylic acid groups (broad SMARTS) is 1. The van der Waals surface area contributed by atoms with Gasteiger partial charge in [-0.3, -0.25) is 0 Å². The van der Waals surface area contributed by atoms with E-state index in [1.54, 1.807) is 18.2 Å². The van der Waals surface area contributed by atoms with Gasteiger partial charge < -0.3 is 10.4 Å². The number of hydrogen-bond donors (Lipinski definition) is 2. The van der Waals surface area contributed by atoms with Crippen molar-refractivity contribution in [3.8, 4) is 0 Å². The van der Waals surface area contributed by atoms with E-state index < -0.39 is 5.97 Å². The molecule has 0 fully saturated rings. The fourth-order valence-corrected chi connectivity index (χ4v) is 1.67. The summed E-state index contributed by atoms with van der Waals surface area (Å²) in [6.07, 6.45) is 0. The molecule has 1 aromatic rings. The van der Waals surface area contributed by atoms with Crippen molar-refractivity contribution in [3.05, 3.63) is 28.2 Å². The topological polar surface area (TPSA) is 49.3 Å². The van der Waals surface area contributed by atoms with E-state index in [1.165, 1.54) is 0 Å². The Morgan fingerprint density at radius 3 is 2.44 bits per heavy atom. The Morgan fingerprint density at radius 2 is 2.00 bits per heavy atom. The summed E-state index contributed by atoms with van der Waals surface area (Å²) in [6.45, 7) is 6.37. The molecular weight excluding hydrogens is 270 g/mol. The number of aromatic carboxylic acids is 1. The molecule has 0 bridgehead atoms. The Kier molecular flexibility index (Phi) is 4.35. The molecule has 0 aliphatic rings. The van der Waals surface area contributed by atoms with Crippen LogP contribution in [-0.4, -0.2) is 17.1 Å². The van der Waals surface area contributed by atoms with Crippen LogP contribution in [0.1, 0.15) is 31.1 Å². The highest BCUT2D eigenvalue weighted by Gasteiger charge is 2.10. The minimum absolute atomic E-state index is 0.287. The van der Waals surface area contributed by atoms with Gasteiger partial charge in [0.1, 0.15) is 0 Å². The lowest BCUT2D eigenvalue weighted by atomic mass is 10.1. The molecular formula is C12H16BrNO2. The molecule has 0 saturated carbocycles. The van der Waals surface area contributed by atoms with Crippen LogP contribution in [0.25, 0.3) is 0 Å². The van der Waals surface area contributed by atoms with Crippen LogP contribution in [0.4, 0.5) is 5.69 Å². The van der Waals surface area contributed by atoms with Gasteiger partial charge in [0, 0.05) is 16.2 Å². The largest absolute Gasteiger partial charge is 0.478 e. The van der Waals surface area contributed by atoms with Gasteiger partial charge in [0.25, 0.3) is 0 Å². The van der Waals surface area contributed by atoms with Crippen molar-refractivity contribution in [1.82, 2.24) is 0 Å². The van der Waals surface area contributed by atoms with E-state index in [0.717, 1.165) is 10.2 Å². The number of rotatable bonds is 4. The molecule has 1 rings (SSSR count). The van der Waals surface area contributed by atoms with Gasteiger partial charge in [-0.15, -0.1) is 0 Å². The van der Waals surface area contributed by atoms with Crippen LogP contribution in [0, 0.1) is 5.92 Å². The van der Waals surface area contributed by atoms with Crippen LogP contribution in [0.5, 0.6) is 0 Å². The van der Waals surface area contributed by atoms with E-state index in [1.807, 2.05) is 0 Å². The maximum absolute atomic E-state index is 10.8. The van der Waals surface area contributed by atoms with Gasteiger partial charge in [0.05, 0.1) is 5.56 Å². The number of carbonyl (C=O) groups is 1. The first kappa shape index (κ1) is 13.0. The van der Waals surface area contributed by atoms with E-state index in [4.69, 9.17) is 5.11 Å². The second kappa shape index (κ2) is 5.34. The van der Waals surface area contributed by atoms with Gasteiger partial charge in [-0.2, -0.15) is 0 Å². The van der Waals surface area contributed by atoms with Gasteiger partial charge in [0.2, 0.25) is 0 Å². The van der Waals surface area contributed by atoms with Crippen LogP contribution in [0.2, 0.25) is 0 Å². The SMILES string of the molecule is CC(C)C(C)Nc1ccc(C(=O)O)cc1Br. The normalized spacial score (nSPS) is 12.6. The number of halogens is 1.